The van der Waals surface area contributed by atoms with Gasteiger partial charge in [0, 0.05) is 17.0 Å². The standard InChI is InChI=1S/C19H14Cl3N5O/c1-11-23-19(13-5-6-15(21)16(22)9-13)27(25-11)10-18-24-17(26-28-18)8-12-3-2-4-14(20)7-12/h2-7,9H,8,10H2,1H3. The number of nitrogens with zero attached hydrogens (tertiary/aromatic N) is 5. The molecule has 0 bridgehead atoms. The molecule has 2 aromatic heterocycles. The lowest BCUT2D eigenvalue weighted by atomic mass is 10.1. The van der Waals surface area contributed by atoms with Crippen LogP contribution in [0.5, 0.6) is 0 Å². The lowest BCUT2D eigenvalue weighted by molar-refractivity contribution is 0.362. The molecule has 0 N–H and O–H groups in total. The van der Waals surface area contributed by atoms with E-state index in [-0.39, 0.29) is 0 Å². The third-order valence-electron chi connectivity index (χ3n) is 4.00. The smallest absolute Gasteiger partial charge is 0.248 e. The summed E-state index contributed by atoms with van der Waals surface area (Å²) in [5.41, 5.74) is 1.81. The number of aromatic nitrogens is 5. The Bertz CT molecular complexity index is 1140. The fraction of sp³-hybridized carbons (Fsp3) is 0.158. The summed E-state index contributed by atoms with van der Waals surface area (Å²) in [6.45, 7) is 2.11. The molecule has 0 aliphatic rings. The van der Waals surface area contributed by atoms with Crippen LogP contribution in [0.15, 0.2) is 47.0 Å². The Morgan fingerprint density at radius 2 is 1.86 bits per heavy atom. The Hall–Kier alpha value is -2.41. The molecule has 2 aromatic carbocycles. The zero-order valence-corrected chi connectivity index (χ0v) is 17.0. The van der Waals surface area contributed by atoms with Crippen LogP contribution < -0.4 is 0 Å². The third-order valence-corrected chi connectivity index (χ3v) is 4.98. The Balaban J connectivity index is 1.57. The fourth-order valence-electron chi connectivity index (χ4n) is 2.80. The van der Waals surface area contributed by atoms with Crippen LogP contribution in [0.1, 0.15) is 23.1 Å². The summed E-state index contributed by atoms with van der Waals surface area (Å²) in [5, 5.41) is 10.1. The highest BCUT2D eigenvalue weighted by molar-refractivity contribution is 6.42. The van der Waals surface area contributed by atoms with Gasteiger partial charge >= 0.3 is 0 Å². The summed E-state index contributed by atoms with van der Waals surface area (Å²) < 4.78 is 7.08. The van der Waals surface area contributed by atoms with Gasteiger partial charge in [-0.25, -0.2) is 9.67 Å². The van der Waals surface area contributed by atoms with Gasteiger partial charge in [-0.2, -0.15) is 10.1 Å². The van der Waals surface area contributed by atoms with E-state index >= 15 is 0 Å². The molecule has 28 heavy (non-hydrogen) atoms. The number of benzene rings is 2. The predicted octanol–water partition coefficient (Wildman–Crippen LogP) is 5.24. The summed E-state index contributed by atoms with van der Waals surface area (Å²) in [6.07, 6.45) is 0.528. The van der Waals surface area contributed by atoms with E-state index in [0.717, 1.165) is 11.1 Å². The molecule has 0 fully saturated rings. The first-order valence-corrected chi connectivity index (χ1v) is 9.54. The van der Waals surface area contributed by atoms with Crippen LogP contribution in [0.3, 0.4) is 0 Å². The minimum atomic E-state index is 0.291. The van der Waals surface area contributed by atoms with Crippen molar-refractivity contribution in [2.24, 2.45) is 0 Å². The minimum absolute atomic E-state index is 0.291. The Kier molecular flexibility index (Phi) is 5.35. The van der Waals surface area contributed by atoms with Crippen molar-refractivity contribution < 1.29 is 4.52 Å². The Labute approximate surface area is 176 Å². The van der Waals surface area contributed by atoms with E-state index in [1.54, 1.807) is 16.8 Å². The van der Waals surface area contributed by atoms with E-state index in [4.69, 9.17) is 39.3 Å². The molecule has 0 saturated heterocycles. The van der Waals surface area contributed by atoms with Gasteiger partial charge in [0.15, 0.2) is 11.6 Å². The van der Waals surface area contributed by atoms with Crippen molar-refractivity contribution in [1.29, 1.82) is 0 Å². The molecule has 4 aromatic rings. The molecule has 0 aliphatic carbocycles. The van der Waals surface area contributed by atoms with Crippen molar-refractivity contribution in [3.8, 4) is 11.4 Å². The zero-order valence-electron chi connectivity index (χ0n) is 14.7. The van der Waals surface area contributed by atoms with Gasteiger partial charge in [-0.3, -0.25) is 0 Å². The maximum atomic E-state index is 6.13. The monoisotopic (exact) mass is 433 g/mol. The number of hydrogen-bond acceptors (Lipinski definition) is 5. The van der Waals surface area contributed by atoms with Crippen LogP contribution in [-0.2, 0) is 13.0 Å². The summed E-state index contributed by atoms with van der Waals surface area (Å²) in [6, 6.07) is 12.9. The van der Waals surface area contributed by atoms with E-state index in [2.05, 4.69) is 20.2 Å². The average Bonchev–Trinajstić information content (AvgIpc) is 3.24. The SMILES string of the molecule is Cc1nc(-c2ccc(Cl)c(Cl)c2)n(Cc2nc(Cc3cccc(Cl)c3)no2)n1. The largest absolute Gasteiger partial charge is 0.337 e. The molecule has 0 spiro atoms. The lowest BCUT2D eigenvalue weighted by Gasteiger charge is -2.04. The van der Waals surface area contributed by atoms with Gasteiger partial charge in [0.05, 0.1) is 10.0 Å². The molecule has 0 amide bonds. The highest BCUT2D eigenvalue weighted by atomic mass is 35.5. The first kappa shape index (κ1) is 18.9. The molecule has 4 rings (SSSR count). The third kappa shape index (κ3) is 4.19. The molecule has 6 nitrogen and oxygen atoms in total. The number of halogens is 3. The summed E-state index contributed by atoms with van der Waals surface area (Å²) >= 11 is 18.2. The van der Waals surface area contributed by atoms with Crippen LogP contribution in [0.4, 0.5) is 0 Å². The molecule has 2 heterocycles. The first-order valence-electron chi connectivity index (χ1n) is 8.41. The maximum Gasteiger partial charge on any atom is 0.248 e. The fourth-order valence-corrected chi connectivity index (χ4v) is 3.31. The van der Waals surface area contributed by atoms with Crippen molar-refractivity contribution in [3.05, 3.63) is 80.6 Å². The molecule has 142 valence electrons. The van der Waals surface area contributed by atoms with Crippen molar-refractivity contribution in [2.45, 2.75) is 19.9 Å². The number of hydrogen-bond donors (Lipinski definition) is 0. The van der Waals surface area contributed by atoms with Gasteiger partial charge < -0.3 is 4.52 Å². The van der Waals surface area contributed by atoms with E-state index < -0.39 is 0 Å². The maximum absolute atomic E-state index is 6.13. The quantitative estimate of drug-likeness (QED) is 0.430. The molecule has 0 atom stereocenters. The second kappa shape index (κ2) is 7.91. The molecular weight excluding hydrogens is 421 g/mol. The molecule has 0 unspecified atom stereocenters. The summed E-state index contributed by atoms with van der Waals surface area (Å²) in [5.74, 6) is 2.28. The Morgan fingerprint density at radius 3 is 2.64 bits per heavy atom. The van der Waals surface area contributed by atoms with E-state index in [0.29, 0.717) is 51.4 Å². The van der Waals surface area contributed by atoms with E-state index in [1.165, 1.54) is 0 Å². The second-order valence-corrected chi connectivity index (χ2v) is 7.43. The molecule has 0 saturated carbocycles. The van der Waals surface area contributed by atoms with Gasteiger partial charge in [-0.15, -0.1) is 0 Å². The lowest BCUT2D eigenvalue weighted by Crippen LogP contribution is -2.05. The van der Waals surface area contributed by atoms with E-state index in [9.17, 15) is 0 Å². The van der Waals surface area contributed by atoms with Crippen LogP contribution in [-0.4, -0.2) is 24.9 Å². The predicted molar refractivity (Wildman–Crippen MR) is 108 cm³/mol. The van der Waals surface area contributed by atoms with Gasteiger partial charge in [0.25, 0.3) is 0 Å². The highest BCUT2D eigenvalue weighted by Crippen LogP contribution is 2.28. The number of rotatable bonds is 5. The van der Waals surface area contributed by atoms with Gasteiger partial charge in [-0.1, -0.05) is 52.1 Å². The zero-order chi connectivity index (χ0) is 19.7. The van der Waals surface area contributed by atoms with Crippen molar-refractivity contribution in [2.75, 3.05) is 0 Å². The van der Waals surface area contributed by atoms with Crippen molar-refractivity contribution in [1.82, 2.24) is 24.9 Å². The topological polar surface area (TPSA) is 69.6 Å². The molecule has 0 aliphatic heterocycles. The first-order chi connectivity index (χ1) is 13.5. The van der Waals surface area contributed by atoms with Gasteiger partial charge in [0.1, 0.15) is 12.4 Å². The van der Waals surface area contributed by atoms with Crippen molar-refractivity contribution in [3.63, 3.8) is 0 Å². The minimum Gasteiger partial charge on any atom is -0.337 e. The number of aryl methyl sites for hydroxylation is 1. The van der Waals surface area contributed by atoms with Gasteiger partial charge in [0.2, 0.25) is 5.89 Å². The van der Waals surface area contributed by atoms with Crippen LogP contribution >= 0.6 is 34.8 Å². The average molecular weight is 435 g/mol. The Morgan fingerprint density at radius 1 is 1.00 bits per heavy atom. The van der Waals surface area contributed by atoms with E-state index in [1.807, 2.05) is 37.3 Å². The molecular formula is C19H14Cl3N5O. The van der Waals surface area contributed by atoms with Crippen LogP contribution in [0.25, 0.3) is 11.4 Å². The summed E-state index contributed by atoms with van der Waals surface area (Å²) in [7, 11) is 0. The van der Waals surface area contributed by atoms with Crippen LogP contribution in [0, 0.1) is 6.92 Å². The normalized spacial score (nSPS) is 11.1. The molecule has 0 radical (unpaired) electrons. The van der Waals surface area contributed by atoms with Crippen LogP contribution in [0.2, 0.25) is 15.1 Å². The second-order valence-electron chi connectivity index (χ2n) is 6.18. The van der Waals surface area contributed by atoms with Gasteiger partial charge in [-0.05, 0) is 42.8 Å². The highest BCUT2D eigenvalue weighted by Gasteiger charge is 2.15. The summed E-state index contributed by atoms with van der Waals surface area (Å²) in [4.78, 5) is 8.93. The van der Waals surface area contributed by atoms with Crippen molar-refractivity contribution >= 4 is 34.8 Å². The molecule has 9 heteroatoms.